The molecule has 2 aromatic rings. The first-order valence-corrected chi connectivity index (χ1v) is 7.62. The summed E-state index contributed by atoms with van der Waals surface area (Å²) in [7, 11) is 0. The highest BCUT2D eigenvalue weighted by molar-refractivity contribution is 7.98. The first-order valence-electron chi connectivity index (χ1n) is 6.40. The number of nitrogens with zero attached hydrogens (tertiary/aromatic N) is 2. The molecule has 0 bridgehead atoms. The number of thioether (sulfide) groups is 1. The molecule has 1 aromatic carbocycles. The third kappa shape index (κ3) is 2.87. The van der Waals surface area contributed by atoms with Gasteiger partial charge < -0.3 is 11.1 Å². The number of rotatable bonds is 5. The predicted octanol–water partition coefficient (Wildman–Crippen LogP) is 3.65. The Bertz CT molecular complexity index is 563. The summed E-state index contributed by atoms with van der Waals surface area (Å²) >= 11 is 1.71. The summed E-state index contributed by atoms with van der Waals surface area (Å²) in [5.41, 5.74) is 8.79. The molecule has 0 amide bonds. The van der Waals surface area contributed by atoms with Crippen LogP contribution in [0.3, 0.4) is 0 Å². The van der Waals surface area contributed by atoms with Crippen molar-refractivity contribution < 1.29 is 0 Å². The van der Waals surface area contributed by atoms with Crippen LogP contribution in [0.4, 0.5) is 17.2 Å². The largest absolute Gasteiger partial charge is 0.394 e. The zero-order valence-corrected chi connectivity index (χ0v) is 12.4. The van der Waals surface area contributed by atoms with Gasteiger partial charge in [-0.15, -0.1) is 11.8 Å². The Labute approximate surface area is 118 Å². The van der Waals surface area contributed by atoms with Crippen LogP contribution in [0.2, 0.25) is 0 Å². The van der Waals surface area contributed by atoms with Gasteiger partial charge in [0, 0.05) is 11.4 Å². The van der Waals surface area contributed by atoms with Crippen LogP contribution in [-0.4, -0.2) is 16.0 Å². The molecule has 0 spiro atoms. The van der Waals surface area contributed by atoms with Gasteiger partial charge >= 0.3 is 0 Å². The molecule has 19 heavy (non-hydrogen) atoms. The molecule has 0 unspecified atom stereocenters. The van der Waals surface area contributed by atoms with E-state index in [1.807, 2.05) is 23.7 Å². The third-order valence-electron chi connectivity index (χ3n) is 2.97. The number of hydrogen-bond acceptors (Lipinski definition) is 4. The molecule has 0 atom stereocenters. The van der Waals surface area contributed by atoms with E-state index in [1.54, 1.807) is 11.8 Å². The van der Waals surface area contributed by atoms with Gasteiger partial charge in [0.05, 0.1) is 17.1 Å². The third-order valence-corrected chi connectivity index (χ3v) is 3.77. The Morgan fingerprint density at radius 3 is 2.79 bits per heavy atom. The van der Waals surface area contributed by atoms with Crippen molar-refractivity contribution >= 4 is 29.0 Å². The standard InChI is InChI=1S/C14H20N4S/c1-4-9-18-14(13(15)10(2)17-18)16-11-7-5-6-8-12(11)19-3/h5-8,16H,4,9,15H2,1-3H3. The van der Waals surface area contributed by atoms with Crippen LogP contribution in [0, 0.1) is 6.92 Å². The van der Waals surface area contributed by atoms with Gasteiger partial charge in [-0.3, -0.25) is 0 Å². The molecular formula is C14H20N4S. The molecule has 4 nitrogen and oxygen atoms in total. The molecule has 102 valence electrons. The van der Waals surface area contributed by atoms with E-state index in [0.29, 0.717) is 0 Å². The van der Waals surface area contributed by atoms with Crippen LogP contribution in [0.25, 0.3) is 0 Å². The Kier molecular flexibility index (Phi) is 4.37. The molecule has 0 saturated carbocycles. The molecule has 3 N–H and O–H groups in total. The predicted molar refractivity (Wildman–Crippen MR) is 83.2 cm³/mol. The Morgan fingerprint density at radius 1 is 1.37 bits per heavy atom. The van der Waals surface area contributed by atoms with Gasteiger partial charge in [0.25, 0.3) is 0 Å². The highest BCUT2D eigenvalue weighted by Crippen LogP contribution is 2.31. The molecule has 1 aromatic heterocycles. The van der Waals surface area contributed by atoms with Gasteiger partial charge in [0.15, 0.2) is 5.82 Å². The SMILES string of the molecule is CCCn1nc(C)c(N)c1Nc1ccccc1SC. The van der Waals surface area contributed by atoms with Crippen molar-refractivity contribution in [2.45, 2.75) is 31.7 Å². The second kappa shape index (κ2) is 6.02. The van der Waals surface area contributed by atoms with Gasteiger partial charge in [-0.25, -0.2) is 4.68 Å². The fraction of sp³-hybridized carbons (Fsp3) is 0.357. The maximum absolute atomic E-state index is 6.12. The number of anilines is 3. The van der Waals surface area contributed by atoms with E-state index in [9.17, 15) is 0 Å². The van der Waals surface area contributed by atoms with Gasteiger partial charge in [-0.2, -0.15) is 5.10 Å². The van der Waals surface area contributed by atoms with E-state index in [-0.39, 0.29) is 0 Å². The van der Waals surface area contributed by atoms with Crippen molar-refractivity contribution in [3.8, 4) is 0 Å². The number of nitrogens with one attached hydrogen (secondary N) is 1. The smallest absolute Gasteiger partial charge is 0.152 e. The lowest BCUT2D eigenvalue weighted by atomic mass is 10.3. The fourth-order valence-electron chi connectivity index (χ4n) is 1.98. The van der Waals surface area contributed by atoms with Gasteiger partial charge in [0.1, 0.15) is 0 Å². The topological polar surface area (TPSA) is 55.9 Å². The molecule has 1 heterocycles. The molecule has 0 radical (unpaired) electrons. The number of nitrogens with two attached hydrogens (primary N) is 1. The molecule has 0 fully saturated rings. The fourth-order valence-corrected chi connectivity index (χ4v) is 2.53. The summed E-state index contributed by atoms with van der Waals surface area (Å²) in [5.74, 6) is 0.890. The summed E-state index contributed by atoms with van der Waals surface area (Å²) < 4.78 is 1.95. The van der Waals surface area contributed by atoms with Crippen LogP contribution in [0.5, 0.6) is 0 Å². The van der Waals surface area contributed by atoms with Crippen molar-refractivity contribution in [3.63, 3.8) is 0 Å². The molecule has 0 aliphatic rings. The minimum Gasteiger partial charge on any atom is -0.394 e. The summed E-state index contributed by atoms with van der Waals surface area (Å²) in [5, 5.41) is 7.89. The van der Waals surface area contributed by atoms with E-state index >= 15 is 0 Å². The van der Waals surface area contributed by atoms with E-state index in [1.165, 1.54) is 4.90 Å². The first kappa shape index (κ1) is 13.8. The summed E-state index contributed by atoms with van der Waals surface area (Å²) in [6.45, 7) is 4.93. The Hall–Kier alpha value is -1.62. The summed E-state index contributed by atoms with van der Waals surface area (Å²) in [6, 6.07) is 8.21. The minimum absolute atomic E-state index is 0.726. The summed E-state index contributed by atoms with van der Waals surface area (Å²) in [4.78, 5) is 1.20. The normalized spacial score (nSPS) is 10.7. The van der Waals surface area contributed by atoms with Gasteiger partial charge in [-0.1, -0.05) is 19.1 Å². The van der Waals surface area contributed by atoms with E-state index in [0.717, 1.165) is 35.9 Å². The number of hydrogen-bond donors (Lipinski definition) is 2. The van der Waals surface area contributed by atoms with E-state index in [2.05, 4.69) is 35.7 Å². The summed E-state index contributed by atoms with van der Waals surface area (Å²) in [6.07, 6.45) is 3.10. The lowest BCUT2D eigenvalue weighted by Crippen LogP contribution is -2.06. The van der Waals surface area contributed by atoms with Crippen LogP contribution >= 0.6 is 11.8 Å². The maximum Gasteiger partial charge on any atom is 0.152 e. The van der Waals surface area contributed by atoms with Crippen molar-refractivity contribution in [2.24, 2.45) is 0 Å². The molecular weight excluding hydrogens is 256 g/mol. The number of benzene rings is 1. The van der Waals surface area contributed by atoms with Crippen molar-refractivity contribution in [3.05, 3.63) is 30.0 Å². The lowest BCUT2D eigenvalue weighted by molar-refractivity contribution is 0.605. The van der Waals surface area contributed by atoms with Crippen molar-refractivity contribution in [2.75, 3.05) is 17.3 Å². The van der Waals surface area contributed by atoms with Crippen LogP contribution in [-0.2, 0) is 6.54 Å². The lowest BCUT2D eigenvalue weighted by Gasteiger charge is -2.12. The van der Waals surface area contributed by atoms with Crippen molar-refractivity contribution in [1.29, 1.82) is 0 Å². The number of aryl methyl sites for hydroxylation is 2. The molecule has 0 saturated heterocycles. The number of nitrogen functional groups attached to an aromatic ring is 1. The molecule has 0 aliphatic heterocycles. The zero-order valence-electron chi connectivity index (χ0n) is 11.6. The average molecular weight is 276 g/mol. The highest BCUT2D eigenvalue weighted by Gasteiger charge is 2.13. The second-order valence-electron chi connectivity index (χ2n) is 4.40. The van der Waals surface area contributed by atoms with Gasteiger partial charge in [-0.05, 0) is 31.7 Å². The minimum atomic E-state index is 0.726. The molecule has 5 heteroatoms. The number of aromatic nitrogens is 2. The van der Waals surface area contributed by atoms with Crippen LogP contribution in [0.1, 0.15) is 19.0 Å². The Morgan fingerprint density at radius 2 is 2.11 bits per heavy atom. The molecule has 0 aliphatic carbocycles. The zero-order chi connectivity index (χ0) is 13.8. The Balaban J connectivity index is 2.37. The second-order valence-corrected chi connectivity index (χ2v) is 5.24. The first-order chi connectivity index (χ1) is 9.17. The van der Waals surface area contributed by atoms with E-state index in [4.69, 9.17) is 5.73 Å². The number of para-hydroxylation sites is 1. The molecule has 2 rings (SSSR count). The van der Waals surface area contributed by atoms with Crippen LogP contribution in [0.15, 0.2) is 29.2 Å². The maximum atomic E-state index is 6.12. The highest BCUT2D eigenvalue weighted by atomic mass is 32.2. The quantitative estimate of drug-likeness (QED) is 0.818. The average Bonchev–Trinajstić information content (AvgIpc) is 2.68. The van der Waals surface area contributed by atoms with Crippen LogP contribution < -0.4 is 11.1 Å². The van der Waals surface area contributed by atoms with Crippen molar-refractivity contribution in [1.82, 2.24) is 9.78 Å². The van der Waals surface area contributed by atoms with E-state index < -0.39 is 0 Å². The monoisotopic (exact) mass is 276 g/mol. The van der Waals surface area contributed by atoms with Gasteiger partial charge in [0.2, 0.25) is 0 Å².